The molecule has 0 spiro atoms. The van der Waals surface area contributed by atoms with Gasteiger partial charge in [-0.2, -0.15) is 0 Å². The summed E-state index contributed by atoms with van der Waals surface area (Å²) < 4.78 is 5.29. The normalized spacial score (nSPS) is 11.0. The first-order valence-corrected chi connectivity index (χ1v) is 12.4. The maximum absolute atomic E-state index is 13.3. The summed E-state index contributed by atoms with van der Waals surface area (Å²) in [6, 6.07) is 33.9. The monoisotopic (exact) mass is 494 g/mol. The van der Waals surface area contributed by atoms with Crippen LogP contribution >= 0.6 is 11.8 Å². The van der Waals surface area contributed by atoms with Gasteiger partial charge in [0.1, 0.15) is 11.4 Å². The lowest BCUT2D eigenvalue weighted by Gasteiger charge is -2.12. The van der Waals surface area contributed by atoms with Gasteiger partial charge < -0.3 is 15.4 Å². The van der Waals surface area contributed by atoms with E-state index in [4.69, 9.17) is 4.74 Å². The van der Waals surface area contributed by atoms with Crippen molar-refractivity contribution in [2.24, 2.45) is 0 Å². The van der Waals surface area contributed by atoms with Crippen LogP contribution in [0.2, 0.25) is 0 Å². The van der Waals surface area contributed by atoms with Gasteiger partial charge in [-0.1, -0.05) is 66.7 Å². The Morgan fingerprint density at radius 3 is 2.31 bits per heavy atom. The van der Waals surface area contributed by atoms with Gasteiger partial charge in [-0.3, -0.25) is 9.59 Å². The lowest BCUT2D eigenvalue weighted by atomic mass is 10.1. The minimum absolute atomic E-state index is 0.124. The molecule has 0 aromatic heterocycles. The number of methoxy groups -OCH3 is 1. The van der Waals surface area contributed by atoms with Gasteiger partial charge in [0.2, 0.25) is 0 Å². The number of thioether (sulfide) groups is 1. The number of carbonyl (C=O) groups is 2. The van der Waals surface area contributed by atoms with E-state index in [0.29, 0.717) is 17.0 Å². The van der Waals surface area contributed by atoms with Gasteiger partial charge in [0.15, 0.2) is 0 Å². The summed E-state index contributed by atoms with van der Waals surface area (Å²) in [5, 5.41) is 5.68. The summed E-state index contributed by atoms with van der Waals surface area (Å²) >= 11 is 1.69. The number of hydrogen-bond donors (Lipinski definition) is 2. The van der Waals surface area contributed by atoms with E-state index in [1.807, 2.05) is 66.7 Å². The molecule has 180 valence electrons. The van der Waals surface area contributed by atoms with E-state index in [9.17, 15) is 9.59 Å². The second-order valence-corrected chi connectivity index (χ2v) is 8.96. The molecule has 36 heavy (non-hydrogen) atoms. The second kappa shape index (κ2) is 12.4. The predicted octanol–water partition coefficient (Wildman–Crippen LogP) is 6.40. The lowest BCUT2D eigenvalue weighted by molar-refractivity contribution is -0.113. The van der Waals surface area contributed by atoms with Crippen LogP contribution in [0, 0.1) is 0 Å². The number of amides is 2. The van der Waals surface area contributed by atoms with Crippen LogP contribution in [0.1, 0.15) is 21.5 Å². The van der Waals surface area contributed by atoms with Gasteiger partial charge in [0.05, 0.1) is 7.11 Å². The number of carbonyl (C=O) groups excluding carboxylic acids is 2. The molecule has 0 saturated heterocycles. The third-order valence-electron chi connectivity index (χ3n) is 5.27. The van der Waals surface area contributed by atoms with Crippen molar-refractivity contribution < 1.29 is 14.3 Å². The first-order chi connectivity index (χ1) is 17.6. The molecule has 4 aromatic carbocycles. The van der Waals surface area contributed by atoms with Gasteiger partial charge in [-0.25, -0.2) is 0 Å². The average Bonchev–Trinajstić information content (AvgIpc) is 2.93. The van der Waals surface area contributed by atoms with E-state index in [2.05, 4.69) is 22.8 Å². The Morgan fingerprint density at radius 2 is 1.56 bits per heavy atom. The highest BCUT2D eigenvalue weighted by atomic mass is 32.2. The van der Waals surface area contributed by atoms with Crippen LogP contribution in [0.15, 0.2) is 120 Å². The van der Waals surface area contributed by atoms with Crippen molar-refractivity contribution in [2.45, 2.75) is 10.6 Å². The summed E-state index contributed by atoms with van der Waals surface area (Å²) in [4.78, 5) is 27.2. The highest BCUT2D eigenvalue weighted by Gasteiger charge is 2.15. The third kappa shape index (κ3) is 7.10. The smallest absolute Gasteiger partial charge is 0.272 e. The lowest BCUT2D eigenvalue weighted by Crippen LogP contribution is -2.30. The van der Waals surface area contributed by atoms with Gasteiger partial charge in [0, 0.05) is 21.9 Å². The molecule has 0 unspecified atom stereocenters. The number of benzene rings is 4. The van der Waals surface area contributed by atoms with E-state index in [1.54, 1.807) is 55.3 Å². The van der Waals surface area contributed by atoms with Crippen molar-refractivity contribution in [3.63, 3.8) is 0 Å². The Kier molecular flexibility index (Phi) is 8.57. The van der Waals surface area contributed by atoms with Crippen molar-refractivity contribution in [3.8, 4) is 5.75 Å². The molecule has 0 saturated carbocycles. The number of nitrogens with one attached hydrogen (secondary N) is 2. The molecular weight excluding hydrogens is 468 g/mol. The number of ether oxygens (including phenoxy) is 1. The molecule has 2 N–H and O–H groups in total. The Labute approximate surface area is 215 Å². The summed E-state index contributed by atoms with van der Waals surface area (Å²) in [6.07, 6.45) is 1.63. The maximum atomic E-state index is 13.3. The molecule has 5 nitrogen and oxygen atoms in total. The van der Waals surface area contributed by atoms with Crippen molar-refractivity contribution >= 4 is 35.3 Å². The summed E-state index contributed by atoms with van der Waals surface area (Å²) in [7, 11) is 1.58. The van der Waals surface area contributed by atoms with Crippen molar-refractivity contribution in [1.82, 2.24) is 5.32 Å². The fraction of sp³-hybridized carbons (Fsp3) is 0.0667. The molecule has 0 atom stereocenters. The fourth-order valence-corrected chi connectivity index (χ4v) is 4.35. The molecule has 6 heteroatoms. The van der Waals surface area contributed by atoms with Crippen molar-refractivity contribution in [2.75, 3.05) is 12.4 Å². The molecule has 0 aliphatic heterocycles. The third-order valence-corrected chi connectivity index (χ3v) is 6.34. The van der Waals surface area contributed by atoms with E-state index in [0.717, 1.165) is 16.2 Å². The van der Waals surface area contributed by atoms with Gasteiger partial charge >= 0.3 is 0 Å². The molecule has 0 bridgehead atoms. The minimum Gasteiger partial charge on any atom is -0.497 e. The minimum atomic E-state index is -0.424. The Bertz CT molecular complexity index is 1360. The average molecular weight is 495 g/mol. The first kappa shape index (κ1) is 24.8. The highest BCUT2D eigenvalue weighted by Crippen LogP contribution is 2.25. The van der Waals surface area contributed by atoms with E-state index in [1.165, 1.54) is 5.56 Å². The van der Waals surface area contributed by atoms with Crippen LogP contribution in [0.5, 0.6) is 5.75 Å². The zero-order valence-electron chi connectivity index (χ0n) is 19.8. The molecule has 4 aromatic rings. The molecule has 0 fully saturated rings. The maximum Gasteiger partial charge on any atom is 0.272 e. The molecule has 2 amide bonds. The fourth-order valence-electron chi connectivity index (χ4n) is 3.44. The topological polar surface area (TPSA) is 67.4 Å². The van der Waals surface area contributed by atoms with E-state index < -0.39 is 5.91 Å². The Balaban J connectivity index is 1.53. The standard InChI is InChI=1S/C30H26N2O3S/c1-35-26-16-8-12-23(18-26)19-28(32-29(33)24-13-6-3-7-14-24)30(34)31-25-15-9-17-27(20-25)36-21-22-10-4-2-5-11-22/h2-20H,21H2,1H3,(H,31,34)(H,32,33)/b28-19+. The van der Waals surface area contributed by atoms with Crippen LogP contribution in [0.4, 0.5) is 5.69 Å². The first-order valence-electron chi connectivity index (χ1n) is 11.4. The second-order valence-electron chi connectivity index (χ2n) is 7.91. The quantitative estimate of drug-likeness (QED) is 0.209. The van der Waals surface area contributed by atoms with Gasteiger partial charge in [-0.05, 0) is 59.7 Å². The van der Waals surface area contributed by atoms with Gasteiger partial charge in [0.25, 0.3) is 11.8 Å². The van der Waals surface area contributed by atoms with E-state index in [-0.39, 0.29) is 11.6 Å². The highest BCUT2D eigenvalue weighted by molar-refractivity contribution is 7.98. The molecule has 4 rings (SSSR count). The SMILES string of the molecule is COc1cccc(/C=C(/NC(=O)c2ccccc2)C(=O)Nc2cccc(SCc3ccccc3)c2)c1. The van der Waals surface area contributed by atoms with Gasteiger partial charge in [-0.15, -0.1) is 11.8 Å². The van der Waals surface area contributed by atoms with Crippen LogP contribution in [-0.2, 0) is 10.5 Å². The van der Waals surface area contributed by atoms with Crippen LogP contribution in [0.3, 0.4) is 0 Å². The zero-order valence-corrected chi connectivity index (χ0v) is 20.6. The number of anilines is 1. The summed E-state index contributed by atoms with van der Waals surface area (Å²) in [6.45, 7) is 0. The molecular formula is C30H26N2O3S. The summed E-state index contributed by atoms with van der Waals surface area (Å²) in [5.41, 5.74) is 3.17. The molecule has 0 radical (unpaired) electrons. The Morgan fingerprint density at radius 1 is 0.833 bits per heavy atom. The zero-order chi connectivity index (χ0) is 25.2. The molecule has 0 aliphatic carbocycles. The predicted molar refractivity (Wildman–Crippen MR) is 146 cm³/mol. The van der Waals surface area contributed by atoms with Crippen LogP contribution in [0.25, 0.3) is 6.08 Å². The van der Waals surface area contributed by atoms with E-state index >= 15 is 0 Å². The van der Waals surface area contributed by atoms with Crippen LogP contribution < -0.4 is 15.4 Å². The number of rotatable bonds is 9. The number of hydrogen-bond acceptors (Lipinski definition) is 4. The molecule has 0 aliphatic rings. The largest absolute Gasteiger partial charge is 0.497 e. The van der Waals surface area contributed by atoms with Crippen molar-refractivity contribution in [3.05, 3.63) is 132 Å². The van der Waals surface area contributed by atoms with Crippen molar-refractivity contribution in [1.29, 1.82) is 0 Å². The summed E-state index contributed by atoms with van der Waals surface area (Å²) in [5.74, 6) is 0.687. The van der Waals surface area contributed by atoms with Crippen LogP contribution in [-0.4, -0.2) is 18.9 Å². The Hall–Kier alpha value is -4.29. The molecule has 0 heterocycles.